The van der Waals surface area contributed by atoms with Gasteiger partial charge in [-0.3, -0.25) is 38.4 Å². The molecule has 97 heavy (non-hydrogen) atoms. The van der Waals surface area contributed by atoms with Crippen molar-refractivity contribution in [3.8, 4) is 0 Å². The molecular formula is C73H122O24. The summed E-state index contributed by atoms with van der Waals surface area (Å²) in [6.07, 6.45) is 6.99. The third kappa shape index (κ3) is 17.3. The summed E-state index contributed by atoms with van der Waals surface area (Å²) in [7, 11) is 0. The van der Waals surface area contributed by atoms with Crippen LogP contribution in [0.5, 0.6) is 0 Å². The molecule has 24 heteroatoms. The Morgan fingerprint density at radius 2 is 0.866 bits per heavy atom. The number of hydrogen-bond donors (Lipinski definition) is 0. The van der Waals surface area contributed by atoms with E-state index < -0.39 is 114 Å². The Labute approximate surface area is 577 Å². The van der Waals surface area contributed by atoms with Gasteiger partial charge in [-0.25, -0.2) is 19.2 Å². The predicted octanol–water partition coefficient (Wildman–Crippen LogP) is 11.3. The highest BCUT2D eigenvalue weighted by Crippen LogP contribution is 2.63. The zero-order valence-electron chi connectivity index (χ0n) is 53.6. The van der Waals surface area contributed by atoms with Gasteiger partial charge in [0.1, 0.15) is 60.2 Å². The lowest BCUT2D eigenvalue weighted by Crippen LogP contribution is -2.46. The van der Waals surface area contributed by atoms with Gasteiger partial charge in [0.25, 0.3) is 0 Å². The molecule has 0 radical (unpaired) electrons. The van der Waals surface area contributed by atoms with E-state index in [1.165, 1.54) is 0 Å². The number of esters is 12. The molecule has 8 aliphatic carbocycles. The summed E-state index contributed by atoms with van der Waals surface area (Å²) in [5, 5.41) is 0. The molecule has 0 aromatic rings. The molecule has 0 aromatic carbocycles. The number of rotatable bonds is 20. The molecule has 0 N–H and O–H groups in total. The first kappa shape index (κ1) is 88.7. The van der Waals surface area contributed by atoms with Crippen molar-refractivity contribution in [3.63, 3.8) is 0 Å². The highest BCUT2D eigenvalue weighted by atomic mass is 16.6. The molecule has 12 rings (SSSR count). The van der Waals surface area contributed by atoms with Crippen LogP contribution in [0.2, 0.25) is 0 Å². The van der Waals surface area contributed by atoms with E-state index in [1.807, 2.05) is 41.5 Å². The number of hydrogen-bond acceptors (Lipinski definition) is 24. The van der Waals surface area contributed by atoms with Gasteiger partial charge in [0, 0.05) is 46.8 Å². The van der Waals surface area contributed by atoms with E-state index in [4.69, 9.17) is 56.8 Å². The number of ether oxygens (including phenoxy) is 12. The van der Waals surface area contributed by atoms with Crippen molar-refractivity contribution in [2.45, 2.75) is 275 Å². The number of carbonyl (C=O) groups excluding carboxylic acids is 12. The van der Waals surface area contributed by atoms with Crippen LogP contribution in [0.25, 0.3) is 0 Å². The predicted molar refractivity (Wildman–Crippen MR) is 356 cm³/mol. The van der Waals surface area contributed by atoms with E-state index in [1.54, 1.807) is 48.5 Å². The smallest absolute Gasteiger partial charge is 0.344 e. The first-order valence-corrected chi connectivity index (χ1v) is 32.0. The summed E-state index contributed by atoms with van der Waals surface area (Å²) in [5.74, 6) is -4.53. The van der Waals surface area contributed by atoms with E-state index in [2.05, 4.69) is 0 Å². The van der Waals surface area contributed by atoms with Crippen LogP contribution in [0.4, 0.5) is 0 Å². The summed E-state index contributed by atoms with van der Waals surface area (Å²) in [4.78, 5) is 142. The zero-order chi connectivity index (χ0) is 65.2. The molecule has 8 saturated carbocycles. The van der Waals surface area contributed by atoms with Gasteiger partial charge in [-0.05, 0) is 126 Å². The van der Waals surface area contributed by atoms with Crippen molar-refractivity contribution in [2.75, 3.05) is 26.4 Å². The van der Waals surface area contributed by atoms with Crippen molar-refractivity contribution in [1.29, 1.82) is 0 Å². The molecule has 4 heterocycles. The average molecular weight is 1380 g/mol. The van der Waals surface area contributed by atoms with Crippen LogP contribution in [-0.2, 0) is 114 Å². The highest BCUT2D eigenvalue weighted by Gasteiger charge is 2.71. The van der Waals surface area contributed by atoms with Crippen LogP contribution in [0.15, 0.2) is 0 Å². The van der Waals surface area contributed by atoms with Gasteiger partial charge in [0.2, 0.25) is 0 Å². The fourth-order valence-electron chi connectivity index (χ4n) is 15.7. The first-order valence-electron chi connectivity index (χ1n) is 32.0. The molecule has 0 aromatic heterocycles. The van der Waals surface area contributed by atoms with Gasteiger partial charge >= 0.3 is 71.6 Å². The van der Waals surface area contributed by atoms with E-state index in [0.29, 0.717) is 32.1 Å². The van der Waals surface area contributed by atoms with Crippen LogP contribution >= 0.6 is 0 Å². The monoisotopic (exact) mass is 1380 g/mol. The fourth-order valence-corrected chi connectivity index (χ4v) is 15.7. The van der Waals surface area contributed by atoms with Crippen LogP contribution < -0.4 is 0 Å². The van der Waals surface area contributed by atoms with Crippen LogP contribution in [0, 0.1) is 92.7 Å². The highest BCUT2D eigenvalue weighted by molar-refractivity contribution is 5.84. The molecule has 0 amide bonds. The van der Waals surface area contributed by atoms with Gasteiger partial charge in [0.05, 0.1) is 34.0 Å². The largest absolute Gasteiger partial charge is 0.462 e. The molecule has 558 valence electrons. The molecule has 21 atom stereocenters. The van der Waals surface area contributed by atoms with Crippen molar-refractivity contribution < 1.29 is 114 Å². The average Bonchev–Trinajstić information content (AvgIpc) is 1.56. The molecule has 24 nitrogen and oxygen atoms in total. The standard InChI is InChI=1S/2C17H24O6.C16H22O6.C15H20O6.8CH4/c1-5-16(2,3)15(20)21-8-11(18)22-13-12-9-6-17(13,4)7-10(9)14(19)23-12;1-5-16(2,3)15(20)21-8-12(18)22-13-9-6-10-11(7-9)17(13,4)23-14(10)19;1-4-16(2,3)15(19)20-7-11(17)22-13-8-5-9-10(6-8)21-14(18)12(9)13;1-3-7(2)14(17)19-6-11(16)21-13-8-4-9-10(5-8)20-15(18)12(9)13;;;;;;;;/h9-10,12-13H,5-8H2,1-4H3;9-11,13H,5-8H2,1-4H3;8-10,12-13H,4-7H2,1-3H3;7-10,12-13H,3-6H2,1-2H3;8*1H4. The lowest BCUT2D eigenvalue weighted by atomic mass is 9.79. The van der Waals surface area contributed by atoms with Gasteiger partial charge < -0.3 is 56.8 Å². The minimum atomic E-state index is -0.715. The van der Waals surface area contributed by atoms with Crippen molar-refractivity contribution >= 4 is 71.6 Å². The summed E-state index contributed by atoms with van der Waals surface area (Å²) >= 11 is 0. The van der Waals surface area contributed by atoms with Crippen molar-refractivity contribution in [2.24, 2.45) is 92.7 Å². The van der Waals surface area contributed by atoms with Gasteiger partial charge in [-0.2, -0.15) is 0 Å². The third-order valence-corrected chi connectivity index (χ3v) is 22.3. The number of carbonyl (C=O) groups is 12. The zero-order valence-corrected chi connectivity index (χ0v) is 53.6. The fraction of sp³-hybridized carbons (Fsp3) is 0.836. The Kier molecular flexibility index (Phi) is 30.8. The molecule has 4 saturated heterocycles. The topological polar surface area (TPSA) is 316 Å². The number of fused-ring (bicyclic) bond motifs is 4. The minimum absolute atomic E-state index is 0. The Morgan fingerprint density at radius 1 is 0.464 bits per heavy atom. The second kappa shape index (κ2) is 33.7. The normalized spacial score (nSPS) is 33.9. The first-order chi connectivity index (χ1) is 41.7. The Balaban J connectivity index is 0.000000630. The summed E-state index contributed by atoms with van der Waals surface area (Å²) in [6, 6.07) is 0. The lowest BCUT2D eigenvalue weighted by molar-refractivity contribution is -0.181. The molecule has 0 spiro atoms. The molecule has 12 fully saturated rings. The van der Waals surface area contributed by atoms with Gasteiger partial charge in [-0.1, -0.05) is 101 Å². The minimum Gasteiger partial charge on any atom is -0.462 e. The van der Waals surface area contributed by atoms with E-state index >= 15 is 0 Å². The Hall–Kier alpha value is -6.36. The van der Waals surface area contributed by atoms with Gasteiger partial charge in [-0.15, -0.1) is 0 Å². The maximum Gasteiger partial charge on any atom is 0.344 e. The molecule has 21 unspecified atom stereocenters. The van der Waals surface area contributed by atoms with E-state index in [0.717, 1.165) is 44.9 Å². The van der Waals surface area contributed by atoms with Crippen LogP contribution in [0.1, 0.15) is 226 Å². The maximum absolute atomic E-state index is 12.1. The third-order valence-electron chi connectivity index (χ3n) is 22.3. The summed E-state index contributed by atoms with van der Waals surface area (Å²) < 4.78 is 63.4. The molecular weight excluding hydrogens is 1260 g/mol. The summed E-state index contributed by atoms with van der Waals surface area (Å²) in [5.41, 5.74) is -2.78. The quantitative estimate of drug-likeness (QED) is 0.0807. The Bertz CT molecular complexity index is 2790. The van der Waals surface area contributed by atoms with Crippen molar-refractivity contribution in [3.05, 3.63) is 0 Å². The molecule has 8 bridgehead atoms. The van der Waals surface area contributed by atoms with Gasteiger partial charge in [0.15, 0.2) is 26.4 Å². The second-order valence-corrected chi connectivity index (χ2v) is 29.2. The molecule has 12 aliphatic rings. The van der Waals surface area contributed by atoms with Crippen LogP contribution in [0.3, 0.4) is 0 Å². The molecule has 4 aliphatic heterocycles. The van der Waals surface area contributed by atoms with Crippen molar-refractivity contribution in [1.82, 2.24) is 0 Å². The van der Waals surface area contributed by atoms with Crippen LogP contribution in [-0.4, -0.2) is 146 Å². The van der Waals surface area contributed by atoms with E-state index in [9.17, 15) is 57.5 Å². The van der Waals surface area contributed by atoms with E-state index in [-0.39, 0.29) is 185 Å². The Morgan fingerprint density at radius 3 is 1.28 bits per heavy atom. The SMILES string of the molecule is C.C.C.C.C.C.C.C.CCC(C)(C)C(=O)OCC(=O)OC1C2CC3C(=O)OC1(C)C3C2.CCC(C)(C)C(=O)OCC(=O)OC1C2CC3OC(=O)C1C3C2.CCC(C)(C)C(=O)OCC(=O)OC1C2OC(=O)C3CC1(C)CC32.CCC(C)C(=O)OCC(=O)OC1C2CC3OC(=O)C1C3C2. The second-order valence-electron chi connectivity index (χ2n) is 29.2. The maximum atomic E-state index is 12.1. The summed E-state index contributed by atoms with van der Waals surface area (Å²) in [6.45, 7) is 22.2. The lowest BCUT2D eigenvalue weighted by Gasteiger charge is -2.34.